The first-order valence-electron chi connectivity index (χ1n) is 7.27. The van der Waals surface area contributed by atoms with E-state index in [9.17, 15) is 19.3 Å². The number of benzene rings is 1. The third kappa shape index (κ3) is 3.03. The highest BCUT2D eigenvalue weighted by atomic mass is 19.1. The summed E-state index contributed by atoms with van der Waals surface area (Å²) in [6.07, 6.45) is 2.72. The van der Waals surface area contributed by atoms with Crippen molar-refractivity contribution < 1.29 is 18.8 Å². The summed E-state index contributed by atoms with van der Waals surface area (Å²) < 4.78 is 19.1. The number of pyridine rings is 1. The van der Waals surface area contributed by atoms with E-state index >= 15 is 0 Å². The molecule has 0 aliphatic carbocycles. The van der Waals surface area contributed by atoms with Crippen LogP contribution in [0.5, 0.6) is 0 Å². The van der Waals surface area contributed by atoms with Gasteiger partial charge in [-0.2, -0.15) is 0 Å². The molecule has 0 spiro atoms. The minimum absolute atomic E-state index is 0.0785. The second-order valence-electron chi connectivity index (χ2n) is 5.45. The van der Waals surface area contributed by atoms with Crippen molar-refractivity contribution in [2.75, 3.05) is 0 Å². The molecule has 0 radical (unpaired) electrons. The van der Waals surface area contributed by atoms with Crippen LogP contribution in [0.2, 0.25) is 0 Å². The zero-order valence-corrected chi connectivity index (χ0v) is 13.4. The van der Waals surface area contributed by atoms with Crippen LogP contribution in [-0.2, 0) is 11.3 Å². The predicted molar refractivity (Wildman–Crippen MR) is 85.5 cm³/mol. The molecule has 0 saturated heterocycles. The van der Waals surface area contributed by atoms with E-state index < -0.39 is 16.7 Å². The smallest absolute Gasteiger partial charge is 0.341 e. The number of halogens is 1. The summed E-state index contributed by atoms with van der Waals surface area (Å²) in [5, 5.41) is 11.1. The SMILES string of the molecule is Cc1cnc(COC(=O)c2cc3nc[nH]c3cc2F)c(C)c1[N+](=O)[O-]. The first-order chi connectivity index (χ1) is 11.9. The summed E-state index contributed by atoms with van der Waals surface area (Å²) in [6, 6.07) is 2.43. The number of H-pyrrole nitrogens is 1. The number of imidazole rings is 1. The molecule has 0 aliphatic heterocycles. The molecule has 0 aliphatic rings. The number of fused-ring (bicyclic) bond motifs is 1. The van der Waals surface area contributed by atoms with E-state index in [1.807, 2.05) is 0 Å². The molecule has 2 heterocycles. The van der Waals surface area contributed by atoms with Gasteiger partial charge < -0.3 is 9.72 Å². The molecule has 9 heteroatoms. The second-order valence-corrected chi connectivity index (χ2v) is 5.45. The van der Waals surface area contributed by atoms with Gasteiger partial charge in [-0.3, -0.25) is 15.1 Å². The summed E-state index contributed by atoms with van der Waals surface area (Å²) in [6.45, 7) is 2.80. The van der Waals surface area contributed by atoms with Crippen molar-refractivity contribution in [3.63, 3.8) is 0 Å². The Labute approximate surface area is 140 Å². The quantitative estimate of drug-likeness (QED) is 0.442. The normalized spacial score (nSPS) is 10.8. The number of hydrogen-bond acceptors (Lipinski definition) is 6. The Balaban J connectivity index is 1.83. The highest BCUT2D eigenvalue weighted by Crippen LogP contribution is 2.25. The number of ether oxygens (including phenoxy) is 1. The van der Waals surface area contributed by atoms with E-state index in [1.54, 1.807) is 6.92 Å². The summed E-state index contributed by atoms with van der Waals surface area (Å²) >= 11 is 0. The maximum atomic E-state index is 14.0. The Morgan fingerprint density at radius 1 is 1.36 bits per heavy atom. The Morgan fingerprint density at radius 3 is 2.84 bits per heavy atom. The zero-order valence-electron chi connectivity index (χ0n) is 13.4. The van der Waals surface area contributed by atoms with E-state index in [0.29, 0.717) is 22.2 Å². The van der Waals surface area contributed by atoms with Crippen molar-refractivity contribution in [3.8, 4) is 0 Å². The number of nitrogens with one attached hydrogen (secondary N) is 1. The third-order valence-corrected chi connectivity index (χ3v) is 3.83. The molecule has 1 N–H and O–H groups in total. The van der Waals surface area contributed by atoms with Gasteiger partial charge in [0.2, 0.25) is 0 Å². The van der Waals surface area contributed by atoms with Crippen LogP contribution in [0.1, 0.15) is 27.2 Å². The maximum absolute atomic E-state index is 14.0. The lowest BCUT2D eigenvalue weighted by Gasteiger charge is -2.09. The van der Waals surface area contributed by atoms with Crippen molar-refractivity contribution in [2.24, 2.45) is 0 Å². The molecule has 0 unspecified atom stereocenters. The zero-order chi connectivity index (χ0) is 18.1. The number of hydrogen-bond donors (Lipinski definition) is 1. The Morgan fingerprint density at radius 2 is 2.12 bits per heavy atom. The molecule has 25 heavy (non-hydrogen) atoms. The molecule has 0 amide bonds. The van der Waals surface area contributed by atoms with Crippen molar-refractivity contribution in [1.82, 2.24) is 15.0 Å². The molecule has 0 bridgehead atoms. The fourth-order valence-electron chi connectivity index (χ4n) is 2.52. The standard InChI is InChI=1S/C16H13FN4O4/c1-8-5-18-14(9(2)15(8)21(23)24)6-25-16(22)10-3-12-13(4-11(10)17)20-7-19-12/h3-5,7H,6H2,1-2H3,(H,19,20). The molecule has 3 rings (SSSR count). The Bertz CT molecular complexity index is 999. The maximum Gasteiger partial charge on any atom is 0.341 e. The van der Waals surface area contributed by atoms with Gasteiger partial charge in [0, 0.05) is 17.8 Å². The molecule has 1 aromatic carbocycles. The van der Waals surface area contributed by atoms with Gasteiger partial charge in [-0.1, -0.05) is 0 Å². The summed E-state index contributed by atoms with van der Waals surface area (Å²) in [4.78, 5) is 33.5. The average molecular weight is 344 g/mol. The first-order valence-corrected chi connectivity index (χ1v) is 7.27. The highest BCUT2D eigenvalue weighted by molar-refractivity contribution is 5.93. The van der Waals surface area contributed by atoms with Gasteiger partial charge in [0.25, 0.3) is 5.69 Å². The predicted octanol–water partition coefficient (Wildman–Crippen LogP) is 2.98. The molecule has 8 nitrogen and oxygen atoms in total. The lowest BCUT2D eigenvalue weighted by Crippen LogP contribution is -2.10. The van der Waals surface area contributed by atoms with Crippen LogP contribution >= 0.6 is 0 Å². The van der Waals surface area contributed by atoms with Crippen LogP contribution < -0.4 is 0 Å². The minimum atomic E-state index is -0.896. The number of aromatic nitrogens is 3. The van der Waals surface area contributed by atoms with Crippen molar-refractivity contribution in [2.45, 2.75) is 20.5 Å². The highest BCUT2D eigenvalue weighted by Gasteiger charge is 2.21. The van der Waals surface area contributed by atoms with E-state index in [2.05, 4.69) is 15.0 Å². The van der Waals surface area contributed by atoms with Crippen LogP contribution in [0.3, 0.4) is 0 Å². The van der Waals surface area contributed by atoms with Gasteiger partial charge >= 0.3 is 5.97 Å². The summed E-state index contributed by atoms with van der Waals surface area (Å²) in [7, 11) is 0. The number of aromatic amines is 1. The van der Waals surface area contributed by atoms with Crippen molar-refractivity contribution in [3.05, 3.63) is 63.0 Å². The lowest BCUT2D eigenvalue weighted by molar-refractivity contribution is -0.386. The fourth-order valence-corrected chi connectivity index (χ4v) is 2.52. The van der Waals surface area contributed by atoms with Crippen molar-refractivity contribution in [1.29, 1.82) is 0 Å². The van der Waals surface area contributed by atoms with Crippen LogP contribution in [0.4, 0.5) is 10.1 Å². The van der Waals surface area contributed by atoms with Gasteiger partial charge in [0.1, 0.15) is 12.4 Å². The van der Waals surface area contributed by atoms with Crippen LogP contribution in [0.25, 0.3) is 11.0 Å². The monoisotopic (exact) mass is 344 g/mol. The summed E-state index contributed by atoms with van der Waals surface area (Å²) in [5.41, 5.74) is 1.50. The molecule has 128 valence electrons. The Kier molecular flexibility index (Phi) is 4.14. The average Bonchev–Trinajstić information content (AvgIpc) is 3.00. The van der Waals surface area contributed by atoms with E-state index in [0.717, 1.165) is 6.07 Å². The number of carbonyl (C=O) groups excluding carboxylic acids is 1. The molecule has 3 aromatic rings. The lowest BCUT2D eigenvalue weighted by atomic mass is 10.1. The molecule has 0 fully saturated rings. The third-order valence-electron chi connectivity index (χ3n) is 3.83. The van der Waals surface area contributed by atoms with Crippen LogP contribution in [0, 0.1) is 29.8 Å². The number of nitro groups is 1. The van der Waals surface area contributed by atoms with Crippen LogP contribution in [-0.4, -0.2) is 25.8 Å². The molecule has 2 aromatic heterocycles. The fraction of sp³-hybridized carbons (Fsp3) is 0.188. The van der Waals surface area contributed by atoms with Gasteiger partial charge in [-0.25, -0.2) is 14.2 Å². The first kappa shape index (κ1) is 16.5. The second kappa shape index (κ2) is 6.27. The summed E-state index contributed by atoms with van der Waals surface area (Å²) in [5.74, 6) is -1.65. The minimum Gasteiger partial charge on any atom is -0.455 e. The molecule has 0 atom stereocenters. The number of aryl methyl sites for hydroxylation is 1. The molecular formula is C16H13FN4O4. The topological polar surface area (TPSA) is 111 Å². The number of rotatable bonds is 4. The largest absolute Gasteiger partial charge is 0.455 e. The van der Waals surface area contributed by atoms with Gasteiger partial charge in [-0.05, 0) is 19.9 Å². The van der Waals surface area contributed by atoms with Crippen LogP contribution in [0.15, 0.2) is 24.7 Å². The van der Waals surface area contributed by atoms with E-state index in [-0.39, 0.29) is 23.6 Å². The Hall–Kier alpha value is -3.36. The number of carbonyl (C=O) groups is 1. The van der Waals surface area contributed by atoms with E-state index in [4.69, 9.17) is 4.74 Å². The van der Waals surface area contributed by atoms with Gasteiger partial charge in [-0.15, -0.1) is 0 Å². The molecular weight excluding hydrogens is 331 g/mol. The molecule has 0 saturated carbocycles. The van der Waals surface area contributed by atoms with Gasteiger partial charge in [0.05, 0.1) is 39.1 Å². The van der Waals surface area contributed by atoms with Gasteiger partial charge in [0.15, 0.2) is 0 Å². The van der Waals surface area contributed by atoms with Crippen molar-refractivity contribution >= 4 is 22.7 Å². The number of esters is 1. The van der Waals surface area contributed by atoms with E-state index in [1.165, 1.54) is 25.5 Å². The number of nitrogens with zero attached hydrogens (tertiary/aromatic N) is 3.